The van der Waals surface area contributed by atoms with Crippen molar-refractivity contribution in [2.45, 2.75) is 5.92 Å². The van der Waals surface area contributed by atoms with E-state index in [1.165, 1.54) is 6.07 Å². The van der Waals surface area contributed by atoms with Crippen molar-refractivity contribution in [3.05, 3.63) is 71.3 Å². The highest BCUT2D eigenvalue weighted by Crippen LogP contribution is 2.21. The van der Waals surface area contributed by atoms with Gasteiger partial charge in [0.15, 0.2) is 17.4 Å². The van der Waals surface area contributed by atoms with Crippen molar-refractivity contribution >= 4 is 5.78 Å². The van der Waals surface area contributed by atoms with Crippen LogP contribution in [0.15, 0.2) is 48.5 Å². The summed E-state index contributed by atoms with van der Waals surface area (Å²) in [5.41, 5.74) is 0.508. The van der Waals surface area contributed by atoms with Gasteiger partial charge in [-0.25, -0.2) is 8.78 Å². The van der Waals surface area contributed by atoms with E-state index in [1.807, 2.05) is 6.07 Å². The van der Waals surface area contributed by atoms with Crippen LogP contribution in [0.2, 0.25) is 0 Å². The van der Waals surface area contributed by atoms with Crippen molar-refractivity contribution in [1.29, 1.82) is 5.26 Å². The molecule has 4 heteroatoms. The third kappa shape index (κ3) is 2.66. The Bertz CT molecular complexity index is 647. The highest BCUT2D eigenvalue weighted by molar-refractivity contribution is 6.02. The number of nitriles is 1. The van der Waals surface area contributed by atoms with E-state index in [4.69, 9.17) is 5.26 Å². The third-order valence-corrected chi connectivity index (χ3v) is 2.73. The molecule has 0 heterocycles. The van der Waals surface area contributed by atoms with Gasteiger partial charge >= 0.3 is 0 Å². The molecule has 0 spiro atoms. The van der Waals surface area contributed by atoms with Crippen molar-refractivity contribution in [2.24, 2.45) is 0 Å². The largest absolute Gasteiger partial charge is 0.292 e. The number of Topliss-reactive ketones (excluding diaryl/α,β-unsaturated/α-hetero) is 1. The topological polar surface area (TPSA) is 40.9 Å². The summed E-state index contributed by atoms with van der Waals surface area (Å²) in [5, 5.41) is 9.10. The molecule has 1 atom stereocenters. The molecule has 1 unspecified atom stereocenters. The zero-order chi connectivity index (χ0) is 13.8. The Morgan fingerprint density at radius 3 is 2.32 bits per heavy atom. The number of rotatable bonds is 3. The minimum atomic E-state index is -1.10. The quantitative estimate of drug-likeness (QED) is 0.790. The lowest BCUT2D eigenvalue weighted by atomic mass is 9.92. The van der Waals surface area contributed by atoms with Gasteiger partial charge in [-0.05, 0) is 23.8 Å². The summed E-state index contributed by atoms with van der Waals surface area (Å²) in [5.74, 6) is -3.70. The van der Waals surface area contributed by atoms with Crippen LogP contribution in [0.25, 0.3) is 0 Å². The summed E-state index contributed by atoms with van der Waals surface area (Å²) in [6.07, 6.45) is 0. The monoisotopic (exact) mass is 257 g/mol. The maximum Gasteiger partial charge on any atom is 0.184 e. The fourth-order valence-electron chi connectivity index (χ4n) is 1.75. The van der Waals surface area contributed by atoms with Crippen molar-refractivity contribution < 1.29 is 13.6 Å². The lowest BCUT2D eigenvalue weighted by Crippen LogP contribution is -2.11. The van der Waals surface area contributed by atoms with Crippen molar-refractivity contribution in [2.75, 3.05) is 0 Å². The summed E-state index contributed by atoms with van der Waals surface area (Å²) in [6, 6.07) is 13.2. The maximum atomic E-state index is 13.1. The molecule has 0 saturated carbocycles. The smallest absolute Gasteiger partial charge is 0.184 e. The van der Waals surface area contributed by atoms with Gasteiger partial charge < -0.3 is 0 Å². The molecule has 0 aliphatic rings. The number of hydrogen-bond acceptors (Lipinski definition) is 2. The van der Waals surface area contributed by atoms with E-state index in [0.29, 0.717) is 5.56 Å². The van der Waals surface area contributed by atoms with Crippen molar-refractivity contribution in [3.63, 3.8) is 0 Å². The van der Waals surface area contributed by atoms with Gasteiger partial charge in [-0.3, -0.25) is 4.79 Å². The molecule has 2 nitrogen and oxygen atoms in total. The molecular weight excluding hydrogens is 248 g/mol. The van der Waals surface area contributed by atoms with E-state index in [0.717, 1.165) is 12.1 Å². The standard InChI is InChI=1S/C15H9F2NO/c16-13-7-6-11(8-14(13)17)15(19)12(9-18)10-4-2-1-3-5-10/h1-8,12H. The molecular formula is C15H9F2NO. The van der Waals surface area contributed by atoms with Crippen molar-refractivity contribution in [3.8, 4) is 6.07 Å². The van der Waals surface area contributed by atoms with Gasteiger partial charge in [0.25, 0.3) is 0 Å². The van der Waals surface area contributed by atoms with E-state index in [-0.39, 0.29) is 5.56 Å². The first kappa shape index (κ1) is 12.9. The van der Waals surface area contributed by atoms with Gasteiger partial charge in [0.05, 0.1) is 6.07 Å². The van der Waals surface area contributed by atoms with E-state index in [9.17, 15) is 13.6 Å². The highest BCUT2D eigenvalue weighted by Gasteiger charge is 2.22. The van der Waals surface area contributed by atoms with Crippen LogP contribution in [0.3, 0.4) is 0 Å². The molecule has 2 rings (SSSR count). The van der Waals surface area contributed by atoms with Crippen LogP contribution < -0.4 is 0 Å². The lowest BCUT2D eigenvalue weighted by molar-refractivity contribution is 0.0978. The van der Waals surface area contributed by atoms with Gasteiger partial charge in [0.2, 0.25) is 0 Å². The van der Waals surface area contributed by atoms with Crippen LogP contribution in [0.1, 0.15) is 21.8 Å². The predicted molar refractivity (Wildman–Crippen MR) is 65.5 cm³/mol. The Morgan fingerprint density at radius 1 is 1.05 bits per heavy atom. The van der Waals surface area contributed by atoms with Gasteiger partial charge in [0, 0.05) is 5.56 Å². The molecule has 0 N–H and O–H groups in total. The van der Waals surface area contributed by atoms with Crippen LogP contribution >= 0.6 is 0 Å². The Hall–Kier alpha value is -2.54. The SMILES string of the molecule is N#CC(C(=O)c1ccc(F)c(F)c1)c1ccccc1. The fraction of sp³-hybridized carbons (Fsp3) is 0.0667. The number of carbonyl (C=O) groups excluding carboxylic acids is 1. The maximum absolute atomic E-state index is 13.1. The number of benzene rings is 2. The van der Waals surface area contributed by atoms with Crippen LogP contribution in [0.4, 0.5) is 8.78 Å². The summed E-state index contributed by atoms with van der Waals surface area (Å²) in [6.45, 7) is 0. The summed E-state index contributed by atoms with van der Waals surface area (Å²) in [7, 11) is 0. The molecule has 2 aromatic rings. The van der Waals surface area contributed by atoms with Crippen molar-refractivity contribution in [1.82, 2.24) is 0 Å². The summed E-state index contributed by atoms with van der Waals surface area (Å²) >= 11 is 0. The second kappa shape index (κ2) is 5.40. The number of ketones is 1. The van der Waals surface area contributed by atoms with Crippen LogP contribution in [0, 0.1) is 23.0 Å². The van der Waals surface area contributed by atoms with Gasteiger partial charge in [0.1, 0.15) is 5.92 Å². The summed E-state index contributed by atoms with van der Waals surface area (Å²) < 4.78 is 25.9. The zero-order valence-corrected chi connectivity index (χ0v) is 9.81. The molecule has 0 aromatic heterocycles. The summed E-state index contributed by atoms with van der Waals surface area (Å²) in [4.78, 5) is 12.1. The van der Waals surface area contributed by atoms with E-state index in [1.54, 1.807) is 30.3 Å². The number of hydrogen-bond donors (Lipinski definition) is 0. The second-order valence-corrected chi connectivity index (χ2v) is 3.97. The van der Waals surface area contributed by atoms with Gasteiger partial charge in [-0.1, -0.05) is 30.3 Å². The second-order valence-electron chi connectivity index (χ2n) is 3.97. The number of halogens is 2. The molecule has 94 valence electrons. The zero-order valence-electron chi connectivity index (χ0n) is 9.81. The molecule has 0 aliphatic heterocycles. The molecule has 19 heavy (non-hydrogen) atoms. The minimum absolute atomic E-state index is 0.0192. The predicted octanol–water partition coefficient (Wildman–Crippen LogP) is 3.45. The molecule has 2 aromatic carbocycles. The average Bonchev–Trinajstić information content (AvgIpc) is 2.44. The first-order valence-corrected chi connectivity index (χ1v) is 5.57. The first-order valence-electron chi connectivity index (χ1n) is 5.57. The highest BCUT2D eigenvalue weighted by atomic mass is 19.2. The molecule has 0 bridgehead atoms. The van der Waals surface area contributed by atoms with Crippen LogP contribution in [-0.4, -0.2) is 5.78 Å². The van der Waals surface area contributed by atoms with Crippen LogP contribution in [-0.2, 0) is 0 Å². The first-order chi connectivity index (χ1) is 9.13. The Kier molecular flexibility index (Phi) is 3.67. The minimum Gasteiger partial charge on any atom is -0.292 e. The van der Waals surface area contributed by atoms with Crippen LogP contribution in [0.5, 0.6) is 0 Å². The molecule has 0 radical (unpaired) electrons. The molecule has 0 saturated heterocycles. The molecule has 0 fully saturated rings. The average molecular weight is 257 g/mol. The fourth-order valence-corrected chi connectivity index (χ4v) is 1.75. The van der Waals surface area contributed by atoms with Gasteiger partial charge in [-0.2, -0.15) is 5.26 Å². The molecule has 0 aliphatic carbocycles. The number of nitrogens with zero attached hydrogens (tertiary/aromatic N) is 1. The Balaban J connectivity index is 2.37. The lowest BCUT2D eigenvalue weighted by Gasteiger charge is -2.08. The van der Waals surface area contributed by atoms with E-state index >= 15 is 0 Å². The third-order valence-electron chi connectivity index (χ3n) is 2.73. The Labute approximate surface area is 108 Å². The number of carbonyl (C=O) groups is 1. The molecule has 0 amide bonds. The van der Waals surface area contributed by atoms with E-state index in [2.05, 4.69) is 0 Å². The normalized spacial score (nSPS) is 11.6. The van der Waals surface area contributed by atoms with E-state index < -0.39 is 23.3 Å². The van der Waals surface area contributed by atoms with Gasteiger partial charge in [-0.15, -0.1) is 0 Å². The Morgan fingerprint density at radius 2 is 1.74 bits per heavy atom.